The number of methoxy groups -OCH3 is 1. The summed E-state index contributed by atoms with van der Waals surface area (Å²) in [4.78, 5) is 7.99. The van der Waals surface area contributed by atoms with Crippen molar-refractivity contribution in [2.75, 3.05) is 7.11 Å². The lowest BCUT2D eigenvalue weighted by molar-refractivity contribution is 0.177. The SMILES string of the molecule is COc1cc(CC(O)c2cc(Cl)cc(Cl)c2)ncn1. The van der Waals surface area contributed by atoms with Crippen LogP contribution >= 0.6 is 23.2 Å². The summed E-state index contributed by atoms with van der Waals surface area (Å²) in [6.45, 7) is 0. The molecule has 1 atom stereocenters. The number of hydrogen-bond acceptors (Lipinski definition) is 4. The van der Waals surface area contributed by atoms with Crippen molar-refractivity contribution in [2.24, 2.45) is 0 Å². The molecule has 0 saturated carbocycles. The standard InChI is InChI=1S/C13H12Cl2N2O2/c1-19-13-6-11(16-7-17-13)5-12(18)8-2-9(14)4-10(15)3-8/h2-4,6-7,12,18H,5H2,1H3. The van der Waals surface area contributed by atoms with Crippen LogP contribution in [0.3, 0.4) is 0 Å². The summed E-state index contributed by atoms with van der Waals surface area (Å²) in [6.07, 6.45) is 0.984. The van der Waals surface area contributed by atoms with Crippen LogP contribution in [0.4, 0.5) is 0 Å². The van der Waals surface area contributed by atoms with E-state index in [1.165, 1.54) is 13.4 Å². The van der Waals surface area contributed by atoms with Crippen molar-refractivity contribution >= 4 is 23.2 Å². The largest absolute Gasteiger partial charge is 0.481 e. The van der Waals surface area contributed by atoms with E-state index in [0.717, 1.165) is 0 Å². The van der Waals surface area contributed by atoms with Gasteiger partial charge in [-0.3, -0.25) is 0 Å². The molecular weight excluding hydrogens is 287 g/mol. The first-order chi connectivity index (χ1) is 9.08. The molecule has 0 aliphatic heterocycles. The van der Waals surface area contributed by atoms with E-state index < -0.39 is 6.10 Å². The van der Waals surface area contributed by atoms with E-state index in [1.807, 2.05) is 0 Å². The van der Waals surface area contributed by atoms with Gasteiger partial charge < -0.3 is 9.84 Å². The van der Waals surface area contributed by atoms with E-state index in [-0.39, 0.29) is 0 Å². The van der Waals surface area contributed by atoms with Gasteiger partial charge in [-0.1, -0.05) is 23.2 Å². The molecule has 0 bridgehead atoms. The molecule has 1 aromatic heterocycles. The van der Waals surface area contributed by atoms with Gasteiger partial charge in [0.25, 0.3) is 0 Å². The molecule has 0 amide bonds. The molecule has 0 aliphatic carbocycles. The van der Waals surface area contributed by atoms with Crippen LogP contribution in [0.1, 0.15) is 17.4 Å². The van der Waals surface area contributed by atoms with Gasteiger partial charge in [0.2, 0.25) is 5.88 Å². The monoisotopic (exact) mass is 298 g/mol. The number of nitrogens with zero attached hydrogens (tertiary/aromatic N) is 2. The fourth-order valence-electron chi connectivity index (χ4n) is 1.68. The molecule has 19 heavy (non-hydrogen) atoms. The van der Waals surface area contributed by atoms with Crippen molar-refractivity contribution in [3.05, 3.63) is 51.9 Å². The zero-order chi connectivity index (χ0) is 13.8. The van der Waals surface area contributed by atoms with Gasteiger partial charge in [-0.2, -0.15) is 0 Å². The Bertz CT molecular complexity index is 558. The second-order valence-electron chi connectivity index (χ2n) is 3.97. The Morgan fingerprint density at radius 3 is 2.47 bits per heavy atom. The molecule has 2 rings (SSSR count). The summed E-state index contributed by atoms with van der Waals surface area (Å²) < 4.78 is 5.01. The highest BCUT2D eigenvalue weighted by molar-refractivity contribution is 6.34. The molecular formula is C13H12Cl2N2O2. The first kappa shape index (κ1) is 14.1. The molecule has 0 spiro atoms. The summed E-state index contributed by atoms with van der Waals surface area (Å²) in [6, 6.07) is 6.65. The van der Waals surface area contributed by atoms with Crippen molar-refractivity contribution in [3.8, 4) is 5.88 Å². The number of aliphatic hydroxyl groups is 1. The Kier molecular flexibility index (Phi) is 4.58. The van der Waals surface area contributed by atoms with E-state index >= 15 is 0 Å². The third-order valence-electron chi connectivity index (χ3n) is 2.58. The van der Waals surface area contributed by atoms with E-state index in [2.05, 4.69) is 9.97 Å². The summed E-state index contributed by atoms with van der Waals surface area (Å²) in [5.74, 6) is 0.460. The average molecular weight is 299 g/mol. The quantitative estimate of drug-likeness (QED) is 0.942. The molecule has 0 aliphatic rings. The van der Waals surface area contributed by atoms with Crippen molar-refractivity contribution in [2.45, 2.75) is 12.5 Å². The highest BCUT2D eigenvalue weighted by atomic mass is 35.5. The Labute approximate surface area is 121 Å². The zero-order valence-corrected chi connectivity index (χ0v) is 11.7. The smallest absolute Gasteiger partial charge is 0.216 e. The van der Waals surface area contributed by atoms with E-state index in [4.69, 9.17) is 27.9 Å². The molecule has 1 heterocycles. The number of rotatable bonds is 4. The molecule has 0 radical (unpaired) electrons. The van der Waals surface area contributed by atoms with Gasteiger partial charge in [-0.15, -0.1) is 0 Å². The Morgan fingerprint density at radius 2 is 1.84 bits per heavy atom. The summed E-state index contributed by atoms with van der Waals surface area (Å²) in [7, 11) is 1.53. The fraction of sp³-hybridized carbons (Fsp3) is 0.231. The second-order valence-corrected chi connectivity index (χ2v) is 4.85. The Hall–Kier alpha value is -1.36. The highest BCUT2D eigenvalue weighted by Gasteiger charge is 2.12. The van der Waals surface area contributed by atoms with Gasteiger partial charge >= 0.3 is 0 Å². The van der Waals surface area contributed by atoms with Gasteiger partial charge in [-0.05, 0) is 23.8 Å². The van der Waals surface area contributed by atoms with Gasteiger partial charge in [0, 0.05) is 22.5 Å². The lowest BCUT2D eigenvalue weighted by atomic mass is 10.0. The van der Waals surface area contributed by atoms with Gasteiger partial charge in [-0.25, -0.2) is 9.97 Å². The molecule has 0 fully saturated rings. The van der Waals surface area contributed by atoms with Crippen LogP contribution in [-0.2, 0) is 6.42 Å². The fourth-order valence-corrected chi connectivity index (χ4v) is 2.23. The maximum absolute atomic E-state index is 10.2. The number of hydrogen-bond donors (Lipinski definition) is 1. The molecule has 1 aromatic carbocycles. The van der Waals surface area contributed by atoms with Gasteiger partial charge in [0.1, 0.15) is 6.33 Å². The van der Waals surface area contributed by atoms with Crippen LogP contribution in [-0.4, -0.2) is 22.2 Å². The van der Waals surface area contributed by atoms with Crippen LogP contribution in [0.5, 0.6) is 5.88 Å². The molecule has 1 N–H and O–H groups in total. The minimum Gasteiger partial charge on any atom is -0.481 e. The minimum atomic E-state index is -0.740. The summed E-state index contributed by atoms with van der Waals surface area (Å²) in [5, 5.41) is 11.1. The van der Waals surface area contributed by atoms with Crippen molar-refractivity contribution in [3.63, 3.8) is 0 Å². The molecule has 100 valence electrons. The van der Waals surface area contributed by atoms with Crippen molar-refractivity contribution in [1.82, 2.24) is 9.97 Å². The van der Waals surface area contributed by atoms with E-state index in [1.54, 1.807) is 24.3 Å². The number of halogens is 2. The first-order valence-corrected chi connectivity index (χ1v) is 6.33. The van der Waals surface area contributed by atoms with Crippen LogP contribution in [0.25, 0.3) is 0 Å². The summed E-state index contributed by atoms with van der Waals surface area (Å²) >= 11 is 11.8. The van der Waals surface area contributed by atoms with Gasteiger partial charge in [0.05, 0.1) is 18.9 Å². The predicted octanol–water partition coefficient (Wildman–Crippen LogP) is 3.07. The van der Waals surface area contributed by atoms with Crippen LogP contribution in [0, 0.1) is 0 Å². The maximum Gasteiger partial charge on any atom is 0.216 e. The molecule has 2 aromatic rings. The van der Waals surface area contributed by atoms with Crippen LogP contribution in [0.2, 0.25) is 10.0 Å². The molecule has 4 nitrogen and oxygen atoms in total. The van der Waals surface area contributed by atoms with Crippen LogP contribution < -0.4 is 4.74 Å². The minimum absolute atomic E-state index is 0.329. The Morgan fingerprint density at radius 1 is 1.16 bits per heavy atom. The Balaban J connectivity index is 2.17. The number of aliphatic hydroxyl groups excluding tert-OH is 1. The third-order valence-corrected chi connectivity index (χ3v) is 3.02. The number of ether oxygens (including phenoxy) is 1. The van der Waals surface area contributed by atoms with Crippen LogP contribution in [0.15, 0.2) is 30.6 Å². The van der Waals surface area contributed by atoms with Crippen molar-refractivity contribution < 1.29 is 9.84 Å². The average Bonchev–Trinajstić information content (AvgIpc) is 2.37. The first-order valence-electron chi connectivity index (χ1n) is 5.57. The zero-order valence-electron chi connectivity index (χ0n) is 10.2. The number of benzene rings is 1. The maximum atomic E-state index is 10.2. The van der Waals surface area contributed by atoms with Gasteiger partial charge in [0.15, 0.2) is 0 Å². The topological polar surface area (TPSA) is 55.2 Å². The molecule has 6 heteroatoms. The predicted molar refractivity (Wildman–Crippen MR) is 73.7 cm³/mol. The normalized spacial score (nSPS) is 12.2. The number of aromatic nitrogens is 2. The molecule has 0 saturated heterocycles. The lowest BCUT2D eigenvalue weighted by Crippen LogP contribution is -2.04. The lowest BCUT2D eigenvalue weighted by Gasteiger charge is -2.11. The van der Waals surface area contributed by atoms with E-state index in [0.29, 0.717) is 33.6 Å². The highest BCUT2D eigenvalue weighted by Crippen LogP contribution is 2.25. The summed E-state index contributed by atoms with van der Waals surface area (Å²) in [5.41, 5.74) is 1.32. The molecule has 1 unspecified atom stereocenters. The second kappa shape index (κ2) is 6.19. The third kappa shape index (κ3) is 3.80. The van der Waals surface area contributed by atoms with Crippen molar-refractivity contribution in [1.29, 1.82) is 0 Å². The van der Waals surface area contributed by atoms with E-state index in [9.17, 15) is 5.11 Å².